The summed E-state index contributed by atoms with van der Waals surface area (Å²) in [6, 6.07) is 5.90. The summed E-state index contributed by atoms with van der Waals surface area (Å²) >= 11 is 0. The Morgan fingerprint density at radius 1 is 1.29 bits per heavy atom. The molecule has 1 aliphatic heterocycles. The molecule has 0 saturated carbocycles. The molecule has 0 radical (unpaired) electrons. The summed E-state index contributed by atoms with van der Waals surface area (Å²) in [5.41, 5.74) is 7.80. The van der Waals surface area contributed by atoms with Crippen LogP contribution in [-0.2, 0) is 4.74 Å². The van der Waals surface area contributed by atoms with E-state index in [2.05, 4.69) is 4.90 Å². The third-order valence-electron chi connectivity index (χ3n) is 3.54. The molecule has 0 aliphatic carbocycles. The van der Waals surface area contributed by atoms with Gasteiger partial charge in [-0.25, -0.2) is 0 Å². The standard InChI is InChI=1S/C16H26N2O3/c1-12(2)21-16-10-13(17)9-14(11-16)18-5-3-15(4-6-18)20-8-7-19/h9-12,15,19H,3-8,17H2,1-2H3. The van der Waals surface area contributed by atoms with Gasteiger partial charge in [0.15, 0.2) is 0 Å². The van der Waals surface area contributed by atoms with E-state index in [1.54, 1.807) is 0 Å². The van der Waals surface area contributed by atoms with Crippen molar-refractivity contribution in [2.75, 3.05) is 36.9 Å². The van der Waals surface area contributed by atoms with E-state index in [1.165, 1.54) is 0 Å². The van der Waals surface area contributed by atoms with Crippen molar-refractivity contribution >= 4 is 11.4 Å². The van der Waals surface area contributed by atoms with Crippen molar-refractivity contribution in [2.45, 2.75) is 38.9 Å². The van der Waals surface area contributed by atoms with Crippen molar-refractivity contribution in [3.8, 4) is 5.75 Å². The Morgan fingerprint density at radius 2 is 2.00 bits per heavy atom. The zero-order chi connectivity index (χ0) is 15.2. The minimum absolute atomic E-state index is 0.0886. The van der Waals surface area contributed by atoms with Gasteiger partial charge in [-0.2, -0.15) is 0 Å². The molecular weight excluding hydrogens is 268 g/mol. The van der Waals surface area contributed by atoms with Crippen molar-refractivity contribution in [1.82, 2.24) is 0 Å². The number of hydrogen-bond acceptors (Lipinski definition) is 5. The maximum absolute atomic E-state index is 8.80. The molecule has 0 aromatic heterocycles. The van der Waals surface area contributed by atoms with Crippen LogP contribution in [0.15, 0.2) is 18.2 Å². The van der Waals surface area contributed by atoms with Gasteiger partial charge < -0.3 is 25.2 Å². The number of hydrogen-bond donors (Lipinski definition) is 2. The van der Waals surface area contributed by atoms with E-state index < -0.39 is 0 Å². The first-order valence-corrected chi connectivity index (χ1v) is 7.63. The van der Waals surface area contributed by atoms with Crippen LogP contribution in [0.5, 0.6) is 5.75 Å². The molecule has 0 amide bonds. The topological polar surface area (TPSA) is 68.0 Å². The Balaban J connectivity index is 1.97. The van der Waals surface area contributed by atoms with Gasteiger partial charge in [-0.1, -0.05) is 0 Å². The van der Waals surface area contributed by atoms with Crippen LogP contribution in [0.4, 0.5) is 11.4 Å². The second-order valence-corrected chi connectivity index (χ2v) is 5.71. The van der Waals surface area contributed by atoms with Crippen molar-refractivity contribution in [1.29, 1.82) is 0 Å². The Morgan fingerprint density at radius 3 is 2.62 bits per heavy atom. The van der Waals surface area contributed by atoms with E-state index in [0.717, 1.165) is 43.1 Å². The van der Waals surface area contributed by atoms with Crippen LogP contribution in [0.2, 0.25) is 0 Å². The Hall–Kier alpha value is -1.46. The quantitative estimate of drug-likeness (QED) is 0.786. The molecule has 2 rings (SSSR count). The lowest BCUT2D eigenvalue weighted by atomic mass is 10.1. The number of aliphatic hydroxyl groups excluding tert-OH is 1. The van der Waals surface area contributed by atoms with Crippen LogP contribution in [0.25, 0.3) is 0 Å². The van der Waals surface area contributed by atoms with Crippen molar-refractivity contribution in [2.24, 2.45) is 0 Å². The molecule has 1 saturated heterocycles. The van der Waals surface area contributed by atoms with Gasteiger partial charge in [0.1, 0.15) is 5.75 Å². The Kier molecular flexibility index (Phi) is 5.70. The minimum atomic E-state index is 0.0886. The highest BCUT2D eigenvalue weighted by Crippen LogP contribution is 2.28. The minimum Gasteiger partial charge on any atom is -0.491 e. The summed E-state index contributed by atoms with van der Waals surface area (Å²) in [5.74, 6) is 0.818. The Labute approximate surface area is 126 Å². The fourth-order valence-corrected chi connectivity index (χ4v) is 2.63. The molecule has 1 fully saturated rings. The van der Waals surface area contributed by atoms with Gasteiger partial charge in [0, 0.05) is 36.6 Å². The monoisotopic (exact) mass is 294 g/mol. The number of piperidine rings is 1. The van der Waals surface area contributed by atoms with Crippen LogP contribution in [-0.4, -0.2) is 43.6 Å². The number of nitrogens with zero attached hydrogens (tertiary/aromatic N) is 1. The lowest BCUT2D eigenvalue weighted by Crippen LogP contribution is -2.37. The van der Waals surface area contributed by atoms with Crippen molar-refractivity contribution < 1.29 is 14.6 Å². The average molecular weight is 294 g/mol. The first-order chi connectivity index (χ1) is 10.1. The second kappa shape index (κ2) is 7.52. The molecule has 0 atom stereocenters. The van der Waals surface area contributed by atoms with Crippen LogP contribution in [0.1, 0.15) is 26.7 Å². The predicted octanol–water partition coefficient (Wildman–Crippen LogP) is 2.03. The lowest BCUT2D eigenvalue weighted by molar-refractivity contribution is 0.0159. The second-order valence-electron chi connectivity index (χ2n) is 5.71. The van der Waals surface area contributed by atoms with Gasteiger partial charge in [0.05, 0.1) is 25.4 Å². The number of rotatable bonds is 6. The van der Waals surface area contributed by atoms with E-state index in [0.29, 0.717) is 6.61 Å². The summed E-state index contributed by atoms with van der Waals surface area (Å²) in [7, 11) is 0. The molecule has 0 unspecified atom stereocenters. The van der Waals surface area contributed by atoms with Crippen LogP contribution in [0, 0.1) is 0 Å². The first-order valence-electron chi connectivity index (χ1n) is 7.63. The Bertz CT molecular complexity index is 443. The maximum atomic E-state index is 8.80. The van der Waals surface area contributed by atoms with Gasteiger partial charge in [0.2, 0.25) is 0 Å². The van der Waals surface area contributed by atoms with E-state index in [4.69, 9.17) is 20.3 Å². The van der Waals surface area contributed by atoms with E-state index in [1.807, 2.05) is 32.0 Å². The van der Waals surface area contributed by atoms with Gasteiger partial charge in [-0.3, -0.25) is 0 Å². The molecule has 0 spiro atoms. The highest BCUT2D eigenvalue weighted by molar-refractivity contribution is 5.60. The number of nitrogen functional groups attached to an aromatic ring is 1. The highest BCUT2D eigenvalue weighted by atomic mass is 16.5. The molecule has 1 aromatic rings. The molecule has 5 heteroatoms. The molecule has 3 N–H and O–H groups in total. The van der Waals surface area contributed by atoms with E-state index >= 15 is 0 Å². The zero-order valence-corrected chi connectivity index (χ0v) is 12.9. The number of ether oxygens (including phenoxy) is 2. The molecule has 0 bridgehead atoms. The molecule has 1 aliphatic rings. The first kappa shape index (κ1) is 15.9. The summed E-state index contributed by atoms with van der Waals surface area (Å²) in [4.78, 5) is 2.31. The summed E-state index contributed by atoms with van der Waals surface area (Å²) < 4.78 is 11.3. The number of aliphatic hydroxyl groups is 1. The summed E-state index contributed by atoms with van der Waals surface area (Å²) in [6.07, 6.45) is 2.32. The van der Waals surface area contributed by atoms with Gasteiger partial charge in [-0.05, 0) is 32.8 Å². The molecule has 1 heterocycles. The smallest absolute Gasteiger partial charge is 0.123 e. The average Bonchev–Trinajstić information content (AvgIpc) is 2.44. The summed E-state index contributed by atoms with van der Waals surface area (Å²) in [5, 5.41) is 8.80. The van der Waals surface area contributed by atoms with Gasteiger partial charge >= 0.3 is 0 Å². The molecular formula is C16H26N2O3. The fourth-order valence-electron chi connectivity index (χ4n) is 2.63. The highest BCUT2D eigenvalue weighted by Gasteiger charge is 2.20. The maximum Gasteiger partial charge on any atom is 0.123 e. The van der Waals surface area contributed by atoms with Crippen molar-refractivity contribution in [3.05, 3.63) is 18.2 Å². The normalized spacial score (nSPS) is 16.5. The molecule has 118 valence electrons. The largest absolute Gasteiger partial charge is 0.491 e. The molecule has 21 heavy (non-hydrogen) atoms. The van der Waals surface area contributed by atoms with Crippen LogP contribution < -0.4 is 15.4 Å². The zero-order valence-electron chi connectivity index (χ0n) is 12.9. The third-order valence-corrected chi connectivity index (χ3v) is 3.54. The number of benzene rings is 1. The molecule has 5 nitrogen and oxygen atoms in total. The fraction of sp³-hybridized carbons (Fsp3) is 0.625. The SMILES string of the molecule is CC(C)Oc1cc(N)cc(N2CCC(OCCO)CC2)c1. The lowest BCUT2D eigenvalue weighted by Gasteiger charge is -2.33. The molecule has 1 aromatic carbocycles. The van der Waals surface area contributed by atoms with E-state index in [-0.39, 0.29) is 18.8 Å². The van der Waals surface area contributed by atoms with Gasteiger partial charge in [-0.15, -0.1) is 0 Å². The number of anilines is 2. The van der Waals surface area contributed by atoms with Gasteiger partial charge in [0.25, 0.3) is 0 Å². The number of nitrogens with two attached hydrogens (primary N) is 1. The van der Waals surface area contributed by atoms with Crippen LogP contribution in [0.3, 0.4) is 0 Å². The van der Waals surface area contributed by atoms with Crippen molar-refractivity contribution in [3.63, 3.8) is 0 Å². The summed E-state index contributed by atoms with van der Waals surface area (Å²) in [6.45, 7) is 6.39. The third kappa shape index (κ3) is 4.79. The predicted molar refractivity (Wildman–Crippen MR) is 84.9 cm³/mol. The van der Waals surface area contributed by atoms with Crippen LogP contribution >= 0.6 is 0 Å². The van der Waals surface area contributed by atoms with E-state index in [9.17, 15) is 0 Å².